The predicted molar refractivity (Wildman–Crippen MR) is 140 cm³/mol. The Kier molecular flexibility index (Phi) is 9.66. The monoisotopic (exact) mass is 490 g/mol. The van der Waals surface area contributed by atoms with Crippen molar-refractivity contribution in [1.82, 2.24) is 14.7 Å². The maximum atomic E-state index is 13.8. The van der Waals surface area contributed by atoms with Crippen molar-refractivity contribution in [3.8, 4) is 0 Å². The number of carbonyl (C=O) groups is 2. The van der Waals surface area contributed by atoms with Crippen LogP contribution in [0, 0.1) is 0 Å². The fourth-order valence-corrected chi connectivity index (χ4v) is 6.04. The first kappa shape index (κ1) is 26.8. The minimum absolute atomic E-state index is 0. The van der Waals surface area contributed by atoms with Gasteiger partial charge in [-0.15, -0.1) is 12.4 Å². The summed E-state index contributed by atoms with van der Waals surface area (Å²) >= 11 is 0. The molecule has 0 N–H and O–H groups in total. The number of amides is 2. The highest BCUT2D eigenvalue weighted by Gasteiger charge is 2.54. The van der Waals surface area contributed by atoms with Gasteiger partial charge in [-0.1, -0.05) is 63.1 Å². The fourth-order valence-electron chi connectivity index (χ4n) is 6.04. The number of para-hydroxylation sites is 1. The molecule has 1 aliphatic carbocycles. The molecule has 0 radical (unpaired) electrons. The Labute approximate surface area is 212 Å². The van der Waals surface area contributed by atoms with E-state index in [1.54, 1.807) is 23.9 Å². The van der Waals surface area contributed by atoms with E-state index in [2.05, 4.69) is 21.9 Å². The topological polar surface area (TPSA) is 47.1 Å². The molecule has 3 aliphatic rings. The minimum atomic E-state index is -0.527. The van der Waals surface area contributed by atoms with Crippen LogP contribution < -0.4 is 4.90 Å². The molecule has 0 bridgehead atoms. The van der Waals surface area contributed by atoms with Crippen molar-refractivity contribution in [2.75, 3.05) is 45.3 Å². The first-order valence-electron chi connectivity index (χ1n) is 13.1. The molecule has 7 heteroatoms. The van der Waals surface area contributed by atoms with Crippen molar-refractivity contribution < 1.29 is 9.59 Å². The van der Waals surface area contributed by atoms with Crippen LogP contribution in [-0.4, -0.2) is 78.5 Å². The molecule has 2 saturated heterocycles. The van der Waals surface area contributed by atoms with Gasteiger partial charge in [-0.3, -0.25) is 9.59 Å². The van der Waals surface area contributed by atoms with Gasteiger partial charge in [0.25, 0.3) is 0 Å². The van der Waals surface area contributed by atoms with Gasteiger partial charge in [0.05, 0.1) is 6.67 Å². The summed E-state index contributed by atoms with van der Waals surface area (Å²) in [6.07, 6.45) is 13.8. The number of anilines is 1. The number of rotatable bonds is 4. The van der Waals surface area contributed by atoms with Crippen molar-refractivity contribution in [2.24, 2.45) is 0 Å². The SMILES string of the molecule is CN(C)C(=O)CN1CN(c2ccccc2)C2(CCN(C3CCCCCCCCC3)CC2)C1=O.Cl. The number of benzene rings is 1. The number of halogens is 1. The molecule has 0 aromatic heterocycles. The summed E-state index contributed by atoms with van der Waals surface area (Å²) in [6.45, 7) is 2.58. The quantitative estimate of drug-likeness (QED) is 0.622. The molecule has 2 aliphatic heterocycles. The normalized spacial score (nSPS) is 22.5. The molecular formula is C27H43ClN4O2. The molecule has 4 rings (SSSR count). The summed E-state index contributed by atoms with van der Waals surface area (Å²) in [6, 6.07) is 10.9. The van der Waals surface area contributed by atoms with E-state index in [4.69, 9.17) is 0 Å². The Morgan fingerprint density at radius 1 is 0.941 bits per heavy atom. The van der Waals surface area contributed by atoms with Gasteiger partial charge in [0.15, 0.2) is 0 Å². The second-order valence-electron chi connectivity index (χ2n) is 10.5. The number of likely N-dealkylation sites (tertiary alicyclic amines) is 1. The third kappa shape index (κ3) is 5.88. The van der Waals surface area contributed by atoms with Crippen LogP contribution >= 0.6 is 12.4 Å². The van der Waals surface area contributed by atoms with Gasteiger partial charge in [0, 0.05) is 38.9 Å². The zero-order valence-corrected chi connectivity index (χ0v) is 21.9. The molecule has 2 amide bonds. The van der Waals surface area contributed by atoms with E-state index >= 15 is 0 Å². The zero-order valence-electron chi connectivity index (χ0n) is 21.1. The smallest absolute Gasteiger partial charge is 0.250 e. The Morgan fingerprint density at radius 2 is 1.50 bits per heavy atom. The molecule has 2 heterocycles. The van der Waals surface area contributed by atoms with Crippen molar-refractivity contribution in [1.29, 1.82) is 0 Å². The maximum absolute atomic E-state index is 13.8. The first-order chi connectivity index (χ1) is 16.0. The minimum Gasteiger partial charge on any atom is -0.347 e. The van der Waals surface area contributed by atoms with Crippen molar-refractivity contribution in [2.45, 2.75) is 82.2 Å². The van der Waals surface area contributed by atoms with E-state index in [1.807, 2.05) is 18.2 Å². The summed E-state index contributed by atoms with van der Waals surface area (Å²) < 4.78 is 0. The van der Waals surface area contributed by atoms with Crippen LogP contribution in [0.2, 0.25) is 0 Å². The summed E-state index contributed by atoms with van der Waals surface area (Å²) in [5.41, 5.74) is 0.554. The van der Waals surface area contributed by atoms with Gasteiger partial charge < -0.3 is 19.6 Å². The Morgan fingerprint density at radius 3 is 2.06 bits per heavy atom. The average Bonchev–Trinajstić information content (AvgIpc) is 3.09. The van der Waals surface area contributed by atoms with Crippen LogP contribution in [0.25, 0.3) is 0 Å². The van der Waals surface area contributed by atoms with Crippen LogP contribution in [0.5, 0.6) is 0 Å². The van der Waals surface area contributed by atoms with Crippen LogP contribution in [0.4, 0.5) is 5.69 Å². The molecule has 1 saturated carbocycles. The van der Waals surface area contributed by atoms with Crippen LogP contribution in [-0.2, 0) is 9.59 Å². The second kappa shape index (κ2) is 12.3. The number of likely N-dealkylation sites (N-methyl/N-ethyl adjacent to an activating group) is 1. The summed E-state index contributed by atoms with van der Waals surface area (Å²) in [5, 5.41) is 0. The maximum Gasteiger partial charge on any atom is 0.250 e. The number of carbonyl (C=O) groups excluding carboxylic acids is 2. The number of nitrogens with zero attached hydrogens (tertiary/aromatic N) is 4. The lowest BCUT2D eigenvalue weighted by molar-refractivity contribution is -0.140. The summed E-state index contributed by atoms with van der Waals surface area (Å²) in [5.74, 6) is 0.111. The Balaban J connectivity index is 0.00000324. The Bertz CT molecular complexity index is 785. The molecule has 0 unspecified atom stereocenters. The highest BCUT2D eigenvalue weighted by molar-refractivity contribution is 5.96. The van der Waals surface area contributed by atoms with Crippen LogP contribution in [0.15, 0.2) is 30.3 Å². The largest absolute Gasteiger partial charge is 0.347 e. The van der Waals surface area contributed by atoms with E-state index in [-0.39, 0.29) is 30.8 Å². The zero-order chi connectivity index (χ0) is 23.3. The summed E-state index contributed by atoms with van der Waals surface area (Å²) in [4.78, 5) is 34.5. The lowest BCUT2D eigenvalue weighted by atomic mass is 9.84. The average molecular weight is 491 g/mol. The highest BCUT2D eigenvalue weighted by Crippen LogP contribution is 2.40. The van der Waals surface area contributed by atoms with Crippen molar-refractivity contribution >= 4 is 29.9 Å². The number of hydrogen-bond acceptors (Lipinski definition) is 4. The lowest BCUT2D eigenvalue weighted by Crippen LogP contribution is -2.58. The molecule has 3 fully saturated rings. The van der Waals surface area contributed by atoms with Gasteiger partial charge in [-0.2, -0.15) is 0 Å². The summed E-state index contributed by atoms with van der Waals surface area (Å²) in [7, 11) is 3.51. The predicted octanol–water partition coefficient (Wildman–Crippen LogP) is 4.53. The van der Waals surface area contributed by atoms with Crippen molar-refractivity contribution in [3.63, 3.8) is 0 Å². The van der Waals surface area contributed by atoms with E-state index in [0.717, 1.165) is 31.6 Å². The van der Waals surface area contributed by atoms with E-state index in [1.165, 1.54) is 57.8 Å². The van der Waals surface area contributed by atoms with Gasteiger partial charge >= 0.3 is 0 Å². The van der Waals surface area contributed by atoms with Crippen molar-refractivity contribution in [3.05, 3.63) is 30.3 Å². The van der Waals surface area contributed by atoms with E-state index < -0.39 is 5.54 Å². The molecule has 1 spiro atoms. The van der Waals surface area contributed by atoms with E-state index in [9.17, 15) is 9.59 Å². The molecular weight excluding hydrogens is 448 g/mol. The molecule has 190 valence electrons. The van der Waals surface area contributed by atoms with Crippen LogP contribution in [0.3, 0.4) is 0 Å². The molecule has 1 aromatic carbocycles. The third-order valence-electron chi connectivity index (χ3n) is 8.12. The molecule has 34 heavy (non-hydrogen) atoms. The van der Waals surface area contributed by atoms with E-state index in [0.29, 0.717) is 12.7 Å². The van der Waals surface area contributed by atoms with Gasteiger partial charge in [-0.05, 0) is 37.8 Å². The second-order valence-corrected chi connectivity index (χ2v) is 10.5. The number of piperidine rings is 1. The number of hydrogen-bond donors (Lipinski definition) is 0. The highest BCUT2D eigenvalue weighted by atomic mass is 35.5. The lowest BCUT2D eigenvalue weighted by Gasteiger charge is -2.45. The Hall–Kier alpha value is -1.79. The van der Waals surface area contributed by atoms with Gasteiger partial charge in [-0.25, -0.2) is 0 Å². The molecule has 1 aromatic rings. The molecule has 6 nitrogen and oxygen atoms in total. The van der Waals surface area contributed by atoms with Gasteiger partial charge in [0.1, 0.15) is 12.1 Å². The third-order valence-corrected chi connectivity index (χ3v) is 8.12. The first-order valence-corrected chi connectivity index (χ1v) is 13.1. The van der Waals surface area contributed by atoms with Crippen LogP contribution in [0.1, 0.15) is 70.6 Å². The fraction of sp³-hybridized carbons (Fsp3) is 0.704. The molecule has 0 atom stereocenters. The van der Waals surface area contributed by atoms with Gasteiger partial charge in [0.2, 0.25) is 11.8 Å². The standard InChI is InChI=1S/C27H42N4O2.ClH/c1-28(2)25(32)21-30-22-31(24-15-11-8-12-16-24)27(26(30)33)17-19-29(20-18-27)23-13-9-6-4-3-5-7-10-14-23;/h8,11-12,15-16,23H,3-7,9-10,13-14,17-22H2,1-2H3;1H.